The van der Waals surface area contributed by atoms with Crippen molar-refractivity contribution in [2.24, 2.45) is 0 Å². The van der Waals surface area contributed by atoms with E-state index in [1.54, 1.807) is 0 Å². The van der Waals surface area contributed by atoms with E-state index < -0.39 is 5.97 Å². The summed E-state index contributed by atoms with van der Waals surface area (Å²) in [4.78, 5) is 18.6. The van der Waals surface area contributed by atoms with Gasteiger partial charge in [-0.1, -0.05) is 25.2 Å². The molecular weight excluding hydrogens is 248 g/mol. The molecule has 2 atom stereocenters. The number of aromatic carboxylic acids is 1. The van der Waals surface area contributed by atoms with Gasteiger partial charge in [0.15, 0.2) is 5.13 Å². The van der Waals surface area contributed by atoms with Crippen LogP contribution in [-0.2, 0) is 0 Å². The zero-order valence-electron chi connectivity index (χ0n) is 11.1. The van der Waals surface area contributed by atoms with Gasteiger partial charge in [0.25, 0.3) is 0 Å². The molecule has 0 aromatic carbocycles. The first-order valence-corrected chi connectivity index (χ1v) is 7.36. The highest BCUT2D eigenvalue weighted by Crippen LogP contribution is 2.35. The third-order valence-corrected chi connectivity index (χ3v) is 4.81. The summed E-state index contributed by atoms with van der Waals surface area (Å²) < 4.78 is 0. The summed E-state index contributed by atoms with van der Waals surface area (Å²) in [6.07, 6.45) is 3.25. The number of carboxylic acid groups (broad SMARTS) is 1. The molecule has 100 valence electrons. The monoisotopic (exact) mass is 268 g/mol. The van der Waals surface area contributed by atoms with E-state index in [0.717, 1.165) is 23.8 Å². The number of rotatable bonds is 4. The minimum Gasteiger partial charge on any atom is -0.477 e. The van der Waals surface area contributed by atoms with Crippen molar-refractivity contribution >= 4 is 22.4 Å². The van der Waals surface area contributed by atoms with Gasteiger partial charge in [-0.05, 0) is 32.1 Å². The van der Waals surface area contributed by atoms with Gasteiger partial charge in [-0.25, -0.2) is 9.78 Å². The molecule has 0 amide bonds. The lowest BCUT2D eigenvalue weighted by atomic mass is 10.0. The van der Waals surface area contributed by atoms with Crippen LogP contribution < -0.4 is 4.90 Å². The first-order chi connectivity index (χ1) is 8.54. The van der Waals surface area contributed by atoms with Crippen molar-refractivity contribution in [2.75, 3.05) is 11.4 Å². The Morgan fingerprint density at radius 2 is 2.39 bits per heavy atom. The van der Waals surface area contributed by atoms with Gasteiger partial charge in [-0.15, -0.1) is 0 Å². The van der Waals surface area contributed by atoms with Crippen molar-refractivity contribution in [3.8, 4) is 0 Å². The molecule has 1 aliphatic rings. The summed E-state index contributed by atoms with van der Waals surface area (Å²) in [5.41, 5.74) is 0.754. The summed E-state index contributed by atoms with van der Waals surface area (Å²) in [5, 5.41) is 10.2. The van der Waals surface area contributed by atoms with Crippen molar-refractivity contribution < 1.29 is 9.90 Å². The van der Waals surface area contributed by atoms with Crippen LogP contribution >= 0.6 is 11.3 Å². The fraction of sp³-hybridized carbons (Fsp3) is 0.692. The summed E-state index contributed by atoms with van der Waals surface area (Å²) in [5.74, 6) is -0.639. The van der Waals surface area contributed by atoms with Gasteiger partial charge in [0.1, 0.15) is 4.88 Å². The topological polar surface area (TPSA) is 53.4 Å². The molecule has 2 heterocycles. The lowest BCUT2D eigenvalue weighted by Gasteiger charge is -2.19. The van der Waals surface area contributed by atoms with E-state index in [0.29, 0.717) is 10.9 Å². The van der Waals surface area contributed by atoms with Crippen LogP contribution in [0.15, 0.2) is 0 Å². The molecule has 4 nitrogen and oxygen atoms in total. The maximum Gasteiger partial charge on any atom is 0.347 e. The fourth-order valence-electron chi connectivity index (χ4n) is 2.34. The average molecular weight is 268 g/mol. The van der Waals surface area contributed by atoms with E-state index in [-0.39, 0.29) is 5.92 Å². The van der Waals surface area contributed by atoms with Crippen molar-refractivity contribution in [3.63, 3.8) is 0 Å². The first kappa shape index (κ1) is 13.3. The average Bonchev–Trinajstić information content (AvgIpc) is 2.93. The van der Waals surface area contributed by atoms with E-state index in [2.05, 4.69) is 23.7 Å². The van der Waals surface area contributed by atoms with Crippen LogP contribution in [0.2, 0.25) is 0 Å². The molecule has 1 aromatic heterocycles. The molecule has 18 heavy (non-hydrogen) atoms. The lowest BCUT2D eigenvalue weighted by molar-refractivity contribution is 0.0700. The second-order valence-electron chi connectivity index (χ2n) is 5.01. The van der Waals surface area contributed by atoms with Crippen LogP contribution in [0.5, 0.6) is 0 Å². The number of carbonyl (C=O) groups is 1. The highest BCUT2D eigenvalue weighted by Gasteiger charge is 2.27. The van der Waals surface area contributed by atoms with Gasteiger partial charge < -0.3 is 10.0 Å². The Hall–Kier alpha value is -1.10. The number of carboxylic acids is 1. The lowest BCUT2D eigenvalue weighted by Crippen LogP contribution is -2.26. The SMILES string of the molecule is CCC(C)c1nc(N2CCCC2C)sc1C(=O)O. The normalized spacial score (nSPS) is 21.3. The highest BCUT2D eigenvalue weighted by molar-refractivity contribution is 7.17. The molecule has 1 aliphatic heterocycles. The summed E-state index contributed by atoms with van der Waals surface area (Å²) in [6, 6.07) is 0.475. The van der Waals surface area contributed by atoms with Crippen LogP contribution in [0.3, 0.4) is 0 Å². The number of anilines is 1. The quantitative estimate of drug-likeness (QED) is 0.910. The molecule has 1 fully saturated rings. The molecule has 2 rings (SSSR count). The predicted octanol–water partition coefficient (Wildman–Crippen LogP) is 3.34. The van der Waals surface area contributed by atoms with Crippen LogP contribution in [0.25, 0.3) is 0 Å². The number of hydrogen-bond acceptors (Lipinski definition) is 4. The molecule has 0 bridgehead atoms. The highest BCUT2D eigenvalue weighted by atomic mass is 32.1. The second kappa shape index (κ2) is 5.26. The maximum absolute atomic E-state index is 11.3. The number of aromatic nitrogens is 1. The van der Waals surface area contributed by atoms with Crippen LogP contribution in [0, 0.1) is 0 Å². The molecule has 5 heteroatoms. The third kappa shape index (κ3) is 2.36. The Kier molecular flexibility index (Phi) is 3.90. The zero-order valence-corrected chi connectivity index (χ0v) is 12.0. The van der Waals surface area contributed by atoms with E-state index in [9.17, 15) is 9.90 Å². The molecule has 1 saturated heterocycles. The number of nitrogens with zero attached hydrogens (tertiary/aromatic N) is 2. The van der Waals surface area contributed by atoms with Crippen LogP contribution in [0.1, 0.15) is 61.3 Å². The fourth-order valence-corrected chi connectivity index (χ4v) is 3.49. The maximum atomic E-state index is 11.3. The molecule has 0 saturated carbocycles. The molecule has 0 spiro atoms. The summed E-state index contributed by atoms with van der Waals surface area (Å²) >= 11 is 1.33. The van der Waals surface area contributed by atoms with Crippen molar-refractivity contribution in [3.05, 3.63) is 10.6 Å². The van der Waals surface area contributed by atoms with Gasteiger partial charge >= 0.3 is 5.97 Å². The van der Waals surface area contributed by atoms with E-state index in [1.807, 2.05) is 6.92 Å². The minimum atomic E-state index is -0.846. The number of thiazole rings is 1. The molecule has 1 aromatic rings. The Bertz CT molecular complexity index is 444. The Morgan fingerprint density at radius 1 is 1.67 bits per heavy atom. The third-order valence-electron chi connectivity index (χ3n) is 3.71. The second-order valence-corrected chi connectivity index (χ2v) is 5.99. The Morgan fingerprint density at radius 3 is 2.89 bits per heavy atom. The summed E-state index contributed by atoms with van der Waals surface area (Å²) in [7, 11) is 0. The summed E-state index contributed by atoms with van der Waals surface area (Å²) in [6.45, 7) is 7.28. The van der Waals surface area contributed by atoms with Crippen molar-refractivity contribution in [2.45, 2.75) is 52.0 Å². The van der Waals surface area contributed by atoms with E-state index in [1.165, 1.54) is 24.2 Å². The molecule has 1 N–H and O–H groups in total. The molecule has 2 unspecified atom stereocenters. The smallest absolute Gasteiger partial charge is 0.347 e. The van der Waals surface area contributed by atoms with Gasteiger partial charge in [0, 0.05) is 12.6 Å². The van der Waals surface area contributed by atoms with Crippen LogP contribution in [0.4, 0.5) is 5.13 Å². The van der Waals surface area contributed by atoms with Gasteiger partial charge in [-0.3, -0.25) is 0 Å². The van der Waals surface area contributed by atoms with Gasteiger partial charge in [0.05, 0.1) is 5.69 Å². The predicted molar refractivity (Wildman–Crippen MR) is 73.8 cm³/mol. The first-order valence-electron chi connectivity index (χ1n) is 6.55. The largest absolute Gasteiger partial charge is 0.477 e. The Balaban J connectivity index is 2.35. The van der Waals surface area contributed by atoms with E-state index >= 15 is 0 Å². The van der Waals surface area contributed by atoms with Gasteiger partial charge in [-0.2, -0.15) is 0 Å². The van der Waals surface area contributed by atoms with Crippen LogP contribution in [-0.4, -0.2) is 28.6 Å². The molecular formula is C13H20N2O2S. The standard InChI is InChI=1S/C13H20N2O2S/c1-4-8(2)10-11(12(16)17)18-13(14-10)15-7-5-6-9(15)3/h8-9H,4-7H2,1-3H3,(H,16,17). The zero-order chi connectivity index (χ0) is 13.3. The van der Waals surface area contributed by atoms with E-state index in [4.69, 9.17) is 0 Å². The molecule has 0 radical (unpaired) electrons. The van der Waals surface area contributed by atoms with Gasteiger partial charge in [0.2, 0.25) is 0 Å². The molecule has 0 aliphatic carbocycles. The number of hydrogen-bond donors (Lipinski definition) is 1. The van der Waals surface area contributed by atoms with Crippen molar-refractivity contribution in [1.29, 1.82) is 0 Å². The van der Waals surface area contributed by atoms with Crippen molar-refractivity contribution in [1.82, 2.24) is 4.98 Å². The Labute approximate surface area is 112 Å². The minimum absolute atomic E-state index is 0.207.